The summed E-state index contributed by atoms with van der Waals surface area (Å²) in [4.78, 5) is 0. The minimum absolute atomic E-state index is 1.30. The fourth-order valence-corrected chi connectivity index (χ4v) is 3.86. The molecule has 0 saturated heterocycles. The van der Waals surface area contributed by atoms with Crippen LogP contribution in [0.1, 0.15) is 5.56 Å². The number of aromatic nitrogens is 1. The van der Waals surface area contributed by atoms with E-state index >= 15 is 0 Å². The van der Waals surface area contributed by atoms with Crippen molar-refractivity contribution in [3.05, 3.63) is 72.3 Å². The van der Waals surface area contributed by atoms with E-state index in [2.05, 4.69) is 85.3 Å². The summed E-state index contributed by atoms with van der Waals surface area (Å²) in [5.41, 5.74) is 3.93. The van der Waals surface area contributed by atoms with E-state index in [0.29, 0.717) is 0 Å². The number of aryl methyl sites for hydroxylation is 2. The molecule has 5 rings (SSSR count). The molecule has 5 aromatic rings. The fourth-order valence-electron chi connectivity index (χ4n) is 3.86. The Bertz CT molecular complexity index is 1220. The molecule has 23 heavy (non-hydrogen) atoms. The van der Waals surface area contributed by atoms with Gasteiger partial charge < -0.3 is 4.57 Å². The zero-order valence-electron chi connectivity index (χ0n) is 13.3. The highest BCUT2D eigenvalue weighted by atomic mass is 14.9. The second-order valence-corrected chi connectivity index (χ2v) is 6.46. The molecule has 1 heterocycles. The lowest BCUT2D eigenvalue weighted by molar-refractivity contribution is 1.02. The predicted octanol–water partition coefficient (Wildman–Crippen LogP) is 5.95. The molecule has 1 heteroatoms. The van der Waals surface area contributed by atoms with Gasteiger partial charge in [0.15, 0.2) is 0 Å². The fraction of sp³-hybridized carbons (Fsp3) is 0.0909. The highest BCUT2D eigenvalue weighted by Gasteiger charge is 2.11. The third-order valence-electron chi connectivity index (χ3n) is 5.00. The smallest absolute Gasteiger partial charge is 0.0568 e. The zero-order chi connectivity index (χ0) is 15.6. The summed E-state index contributed by atoms with van der Waals surface area (Å²) in [5, 5.41) is 7.92. The largest absolute Gasteiger partial charge is 0.343 e. The van der Waals surface area contributed by atoms with Gasteiger partial charge in [0.25, 0.3) is 0 Å². The summed E-state index contributed by atoms with van der Waals surface area (Å²) in [5.74, 6) is 0. The Morgan fingerprint density at radius 3 is 2.26 bits per heavy atom. The average molecular weight is 295 g/mol. The first-order valence-electron chi connectivity index (χ1n) is 8.03. The van der Waals surface area contributed by atoms with Gasteiger partial charge in [-0.15, -0.1) is 0 Å². The molecular formula is C22H17N. The molecule has 0 amide bonds. The maximum Gasteiger partial charge on any atom is 0.0568 e. The van der Waals surface area contributed by atoms with Gasteiger partial charge >= 0.3 is 0 Å². The van der Waals surface area contributed by atoms with E-state index in [0.717, 1.165) is 0 Å². The van der Waals surface area contributed by atoms with Crippen LogP contribution in [0.15, 0.2) is 66.7 Å². The Morgan fingerprint density at radius 1 is 0.652 bits per heavy atom. The van der Waals surface area contributed by atoms with Gasteiger partial charge in [0.05, 0.1) is 5.52 Å². The summed E-state index contributed by atoms with van der Waals surface area (Å²) in [6.45, 7) is 2.16. The number of hydrogen-bond acceptors (Lipinski definition) is 0. The first-order valence-corrected chi connectivity index (χ1v) is 8.03. The van der Waals surface area contributed by atoms with Crippen LogP contribution >= 0.6 is 0 Å². The molecule has 0 spiro atoms. The summed E-state index contributed by atoms with van der Waals surface area (Å²) in [6, 6.07) is 24.5. The number of fused-ring (bicyclic) bond motifs is 6. The summed E-state index contributed by atoms with van der Waals surface area (Å²) in [6.07, 6.45) is 0. The molecule has 0 fully saturated rings. The molecule has 0 saturated carbocycles. The van der Waals surface area contributed by atoms with E-state index in [4.69, 9.17) is 0 Å². The van der Waals surface area contributed by atoms with Crippen LogP contribution in [0, 0.1) is 6.92 Å². The Hall–Kier alpha value is -2.80. The van der Waals surface area contributed by atoms with Gasteiger partial charge in [0.2, 0.25) is 0 Å². The molecule has 1 aromatic heterocycles. The summed E-state index contributed by atoms with van der Waals surface area (Å²) in [7, 11) is 2.18. The van der Waals surface area contributed by atoms with Gasteiger partial charge in [0, 0.05) is 28.7 Å². The van der Waals surface area contributed by atoms with Crippen molar-refractivity contribution in [3.63, 3.8) is 0 Å². The number of nitrogens with zero attached hydrogens (tertiary/aromatic N) is 1. The van der Waals surface area contributed by atoms with Crippen molar-refractivity contribution >= 4 is 43.4 Å². The third kappa shape index (κ3) is 1.68. The Kier molecular flexibility index (Phi) is 2.41. The van der Waals surface area contributed by atoms with Crippen molar-refractivity contribution in [1.82, 2.24) is 4.57 Å². The molecule has 4 aromatic carbocycles. The predicted molar refractivity (Wildman–Crippen MR) is 100 cm³/mol. The molecule has 0 atom stereocenters. The topological polar surface area (TPSA) is 4.93 Å². The van der Waals surface area contributed by atoms with Crippen molar-refractivity contribution in [2.24, 2.45) is 7.05 Å². The van der Waals surface area contributed by atoms with Crippen LogP contribution in [0.5, 0.6) is 0 Å². The van der Waals surface area contributed by atoms with E-state index in [9.17, 15) is 0 Å². The van der Waals surface area contributed by atoms with Gasteiger partial charge in [-0.25, -0.2) is 0 Å². The van der Waals surface area contributed by atoms with E-state index in [1.54, 1.807) is 0 Å². The molecule has 0 aliphatic rings. The number of hydrogen-bond donors (Lipinski definition) is 0. The quantitative estimate of drug-likeness (QED) is 0.311. The SMILES string of the molecule is Cc1ccc2c(c1)c1ccc3cc4ccccc4cc3c1n2C. The van der Waals surface area contributed by atoms with Crippen molar-refractivity contribution in [2.75, 3.05) is 0 Å². The highest BCUT2D eigenvalue weighted by molar-refractivity contribution is 6.19. The van der Waals surface area contributed by atoms with Crippen LogP contribution in [0.2, 0.25) is 0 Å². The van der Waals surface area contributed by atoms with E-state index < -0.39 is 0 Å². The van der Waals surface area contributed by atoms with Crippen LogP contribution in [0.4, 0.5) is 0 Å². The Balaban J connectivity index is 2.06. The zero-order valence-corrected chi connectivity index (χ0v) is 13.3. The molecular weight excluding hydrogens is 278 g/mol. The van der Waals surface area contributed by atoms with Crippen molar-refractivity contribution < 1.29 is 0 Å². The molecule has 110 valence electrons. The lowest BCUT2D eigenvalue weighted by Crippen LogP contribution is -1.88. The van der Waals surface area contributed by atoms with Crippen molar-refractivity contribution in [2.45, 2.75) is 6.92 Å². The van der Waals surface area contributed by atoms with Crippen LogP contribution in [0.3, 0.4) is 0 Å². The van der Waals surface area contributed by atoms with Gasteiger partial charge in [-0.1, -0.05) is 48.0 Å². The number of benzene rings is 4. The monoisotopic (exact) mass is 295 g/mol. The standard InChI is InChI=1S/C22H17N/c1-14-7-10-21-20(11-14)18-9-8-17-12-15-5-3-4-6-16(15)13-19(17)22(18)23(21)2/h3-13H,1-2H3. The lowest BCUT2D eigenvalue weighted by atomic mass is 10.0. The maximum absolute atomic E-state index is 2.33. The van der Waals surface area contributed by atoms with E-state index in [1.165, 1.54) is 48.9 Å². The molecule has 0 unspecified atom stereocenters. The molecule has 0 radical (unpaired) electrons. The molecule has 0 aliphatic carbocycles. The normalized spacial score (nSPS) is 11.9. The second-order valence-electron chi connectivity index (χ2n) is 6.46. The second kappa shape index (κ2) is 4.36. The maximum atomic E-state index is 2.33. The van der Waals surface area contributed by atoms with Gasteiger partial charge in [-0.2, -0.15) is 0 Å². The van der Waals surface area contributed by atoms with Crippen molar-refractivity contribution in [1.29, 1.82) is 0 Å². The molecule has 1 nitrogen and oxygen atoms in total. The first kappa shape index (κ1) is 12.7. The van der Waals surface area contributed by atoms with Crippen LogP contribution in [-0.2, 0) is 7.05 Å². The van der Waals surface area contributed by atoms with Gasteiger partial charge in [-0.05, 0) is 47.3 Å². The van der Waals surface area contributed by atoms with Gasteiger partial charge in [0.1, 0.15) is 0 Å². The van der Waals surface area contributed by atoms with Crippen LogP contribution in [-0.4, -0.2) is 4.57 Å². The molecule has 0 N–H and O–H groups in total. The lowest BCUT2D eigenvalue weighted by Gasteiger charge is -2.06. The number of rotatable bonds is 0. The summed E-state index contributed by atoms with van der Waals surface area (Å²) >= 11 is 0. The van der Waals surface area contributed by atoms with E-state index in [1.807, 2.05) is 0 Å². The van der Waals surface area contributed by atoms with Crippen molar-refractivity contribution in [3.8, 4) is 0 Å². The van der Waals surface area contributed by atoms with Crippen LogP contribution < -0.4 is 0 Å². The molecule has 0 bridgehead atoms. The van der Waals surface area contributed by atoms with Crippen LogP contribution in [0.25, 0.3) is 43.4 Å². The van der Waals surface area contributed by atoms with E-state index in [-0.39, 0.29) is 0 Å². The Morgan fingerprint density at radius 2 is 1.43 bits per heavy atom. The molecule has 0 aliphatic heterocycles. The minimum Gasteiger partial charge on any atom is -0.343 e. The Labute approximate surface area is 134 Å². The third-order valence-corrected chi connectivity index (χ3v) is 5.00. The van der Waals surface area contributed by atoms with Gasteiger partial charge in [-0.3, -0.25) is 0 Å². The highest BCUT2D eigenvalue weighted by Crippen LogP contribution is 2.35. The average Bonchev–Trinajstić information content (AvgIpc) is 2.85. The minimum atomic E-state index is 1.30. The first-order chi connectivity index (χ1) is 11.2. The summed E-state index contributed by atoms with van der Waals surface area (Å²) < 4.78 is 2.33.